The van der Waals surface area contributed by atoms with Crippen LogP contribution in [0.5, 0.6) is 0 Å². The number of fused-ring (bicyclic) bond motifs is 3. The lowest BCUT2D eigenvalue weighted by Crippen LogP contribution is -2.72. The number of rotatable bonds is 8. The Morgan fingerprint density at radius 1 is 0.750 bits per heavy atom. The summed E-state index contributed by atoms with van der Waals surface area (Å²) >= 11 is 0. The molecule has 4 nitrogen and oxygen atoms in total. The molecular weight excluding hydrogens is 597 g/mol. The first-order chi connectivity index (χ1) is 17.9. The summed E-state index contributed by atoms with van der Waals surface area (Å²) in [5, 5.41) is 2.68. The van der Waals surface area contributed by atoms with E-state index in [9.17, 15) is 61.9 Å². The van der Waals surface area contributed by atoms with Gasteiger partial charge in [-0.15, -0.1) is 0 Å². The van der Waals surface area contributed by atoms with Gasteiger partial charge in [0.25, 0.3) is 0 Å². The number of ether oxygens (including phenoxy) is 1. The zero-order valence-corrected chi connectivity index (χ0v) is 19.1. The number of carbonyl (C=O) groups excluding carboxylic acids is 1. The monoisotopic (exact) mass is 608 g/mol. The van der Waals surface area contributed by atoms with E-state index >= 15 is 8.78 Å². The summed E-state index contributed by atoms with van der Waals surface area (Å²) in [7, 11) is 0. The normalized spacial score (nSPS) is 14.7. The zero-order valence-electron chi connectivity index (χ0n) is 19.1. The molecule has 3 rings (SSSR count). The summed E-state index contributed by atoms with van der Waals surface area (Å²) in [5.74, 6) is -50.0. The van der Waals surface area contributed by atoms with E-state index in [0.29, 0.717) is 6.20 Å². The molecule has 19 heteroatoms. The molecule has 0 saturated heterocycles. The van der Waals surface area contributed by atoms with Gasteiger partial charge >= 0.3 is 47.7 Å². The van der Waals surface area contributed by atoms with Crippen molar-refractivity contribution in [3.05, 3.63) is 47.8 Å². The second-order valence-corrected chi connectivity index (χ2v) is 8.08. The van der Waals surface area contributed by atoms with Crippen molar-refractivity contribution in [3.63, 3.8) is 0 Å². The van der Waals surface area contributed by atoms with Crippen molar-refractivity contribution in [3.8, 4) is 0 Å². The summed E-state index contributed by atoms with van der Waals surface area (Å²) in [6, 6.07) is 6.02. The minimum absolute atomic E-state index is 0.0907. The molecule has 0 aliphatic carbocycles. The highest BCUT2D eigenvalue weighted by Gasteiger charge is 2.93. The molecular formula is C21H11F15N2O2. The van der Waals surface area contributed by atoms with E-state index in [-0.39, 0.29) is 15.3 Å². The molecule has 0 N–H and O–H groups in total. The molecule has 40 heavy (non-hydrogen) atoms. The van der Waals surface area contributed by atoms with Gasteiger partial charge in [0.15, 0.2) is 5.69 Å². The minimum Gasteiger partial charge on any atom is -0.462 e. The average molecular weight is 608 g/mol. The predicted octanol–water partition coefficient (Wildman–Crippen LogP) is 7.49. The second kappa shape index (κ2) is 9.05. The van der Waals surface area contributed by atoms with Crippen molar-refractivity contribution in [2.75, 3.05) is 6.61 Å². The van der Waals surface area contributed by atoms with Gasteiger partial charge in [0.1, 0.15) is 5.56 Å². The molecule has 3 aromatic rings. The van der Waals surface area contributed by atoms with Crippen LogP contribution in [0.3, 0.4) is 0 Å². The Morgan fingerprint density at radius 2 is 1.25 bits per heavy atom. The fraction of sp³-hybridized carbons (Fsp3) is 0.429. The number of alkyl halides is 15. The van der Waals surface area contributed by atoms with Gasteiger partial charge in [0.05, 0.1) is 12.1 Å². The summed E-state index contributed by atoms with van der Waals surface area (Å²) in [6.45, 7) is 0.390. The molecule has 2 aromatic heterocycles. The van der Waals surface area contributed by atoms with Crippen molar-refractivity contribution in [1.82, 2.24) is 9.61 Å². The maximum Gasteiger partial charge on any atom is 0.460 e. The summed E-state index contributed by atoms with van der Waals surface area (Å²) < 4.78 is 211. The Hall–Kier alpha value is -3.41. The largest absolute Gasteiger partial charge is 0.462 e. The van der Waals surface area contributed by atoms with Crippen LogP contribution in [0.2, 0.25) is 0 Å². The highest BCUT2D eigenvalue weighted by atomic mass is 19.4. The number of benzene rings is 1. The third kappa shape index (κ3) is 3.93. The van der Waals surface area contributed by atoms with E-state index < -0.39 is 71.1 Å². The topological polar surface area (TPSA) is 43.6 Å². The van der Waals surface area contributed by atoms with E-state index in [1.807, 2.05) is 0 Å². The SMILES string of the molecule is CCOC(=O)c1c(C(F)(F)C(F)(F)C(F)(F)C(F)(F)C(F)(F)C(F)(F)C(F)(F)F)nn2ccc3ccccc3c12. The van der Waals surface area contributed by atoms with Crippen molar-refractivity contribution in [2.24, 2.45) is 0 Å². The average Bonchev–Trinajstić information content (AvgIpc) is 3.24. The van der Waals surface area contributed by atoms with Crippen molar-refractivity contribution in [2.45, 2.75) is 48.6 Å². The van der Waals surface area contributed by atoms with Gasteiger partial charge in [-0.1, -0.05) is 24.3 Å². The maximum absolute atomic E-state index is 15.1. The molecule has 0 aliphatic rings. The molecule has 0 fully saturated rings. The third-order valence-electron chi connectivity index (χ3n) is 5.63. The minimum atomic E-state index is -8.47. The van der Waals surface area contributed by atoms with Crippen molar-refractivity contribution in [1.29, 1.82) is 0 Å². The van der Waals surface area contributed by atoms with Crippen molar-refractivity contribution < 1.29 is 75.4 Å². The first-order valence-corrected chi connectivity index (χ1v) is 10.3. The highest BCUT2D eigenvalue weighted by molar-refractivity contribution is 6.08. The number of hydrogen-bond donors (Lipinski definition) is 0. The Kier molecular flexibility index (Phi) is 7.04. The van der Waals surface area contributed by atoms with Crippen LogP contribution < -0.4 is 0 Å². The summed E-state index contributed by atoms with van der Waals surface area (Å²) in [6.07, 6.45) is -7.00. The van der Waals surface area contributed by atoms with Crippen LogP contribution in [0, 0.1) is 0 Å². The smallest absolute Gasteiger partial charge is 0.460 e. The number of pyridine rings is 1. The van der Waals surface area contributed by atoms with E-state index in [0.717, 1.165) is 19.1 Å². The fourth-order valence-corrected chi connectivity index (χ4v) is 3.54. The van der Waals surface area contributed by atoms with E-state index in [2.05, 4.69) is 9.84 Å². The lowest BCUT2D eigenvalue weighted by Gasteiger charge is -2.41. The molecule has 222 valence electrons. The number of hydrogen-bond acceptors (Lipinski definition) is 3. The van der Waals surface area contributed by atoms with Crippen LogP contribution in [0.4, 0.5) is 65.9 Å². The Morgan fingerprint density at radius 3 is 1.77 bits per heavy atom. The van der Waals surface area contributed by atoms with Crippen LogP contribution in [-0.2, 0) is 10.7 Å². The number of nitrogens with zero attached hydrogens (tertiary/aromatic N) is 2. The van der Waals surface area contributed by atoms with Crippen LogP contribution in [0.25, 0.3) is 16.3 Å². The fourth-order valence-electron chi connectivity index (χ4n) is 3.54. The molecule has 0 amide bonds. The zero-order chi connectivity index (χ0) is 30.9. The lowest BCUT2D eigenvalue weighted by atomic mass is 9.89. The Labute approximate surface area is 211 Å². The third-order valence-corrected chi connectivity index (χ3v) is 5.63. The van der Waals surface area contributed by atoms with Crippen LogP contribution in [-0.4, -0.2) is 58.0 Å². The van der Waals surface area contributed by atoms with E-state index in [1.165, 1.54) is 18.2 Å². The van der Waals surface area contributed by atoms with Gasteiger partial charge in [0.2, 0.25) is 0 Å². The predicted molar refractivity (Wildman–Crippen MR) is 103 cm³/mol. The molecule has 0 aliphatic heterocycles. The summed E-state index contributed by atoms with van der Waals surface area (Å²) in [4.78, 5) is 12.5. The number of aromatic nitrogens is 2. The molecule has 0 spiro atoms. The quantitative estimate of drug-likeness (QED) is 0.197. The number of esters is 1. The molecule has 0 atom stereocenters. The molecule has 0 unspecified atom stereocenters. The molecule has 2 heterocycles. The van der Waals surface area contributed by atoms with E-state index in [4.69, 9.17) is 0 Å². The molecule has 1 aromatic carbocycles. The summed E-state index contributed by atoms with van der Waals surface area (Å²) in [5.41, 5.74) is -5.34. The number of halogens is 15. The Balaban J connectivity index is 2.33. The highest BCUT2D eigenvalue weighted by Crippen LogP contribution is 2.64. The Bertz CT molecular complexity index is 1440. The van der Waals surface area contributed by atoms with Crippen LogP contribution in [0.15, 0.2) is 36.5 Å². The second-order valence-electron chi connectivity index (χ2n) is 8.08. The van der Waals surface area contributed by atoms with Gasteiger partial charge in [-0.25, -0.2) is 9.31 Å². The lowest BCUT2D eigenvalue weighted by molar-refractivity contribution is -0.454. The van der Waals surface area contributed by atoms with Gasteiger partial charge in [-0.3, -0.25) is 0 Å². The van der Waals surface area contributed by atoms with Gasteiger partial charge in [-0.05, 0) is 18.4 Å². The van der Waals surface area contributed by atoms with E-state index in [1.54, 1.807) is 0 Å². The molecule has 0 bridgehead atoms. The maximum atomic E-state index is 15.1. The van der Waals surface area contributed by atoms with Gasteiger partial charge in [-0.2, -0.15) is 71.0 Å². The first kappa shape index (κ1) is 31.1. The number of carbonyl (C=O) groups is 1. The van der Waals surface area contributed by atoms with Crippen molar-refractivity contribution >= 4 is 22.3 Å². The molecule has 0 radical (unpaired) electrons. The van der Waals surface area contributed by atoms with Crippen LogP contribution >= 0.6 is 0 Å². The van der Waals surface area contributed by atoms with Gasteiger partial charge in [0, 0.05) is 11.6 Å². The van der Waals surface area contributed by atoms with Crippen LogP contribution in [0.1, 0.15) is 23.0 Å². The molecule has 0 saturated carbocycles. The van der Waals surface area contributed by atoms with Gasteiger partial charge < -0.3 is 4.74 Å². The first-order valence-electron chi connectivity index (χ1n) is 10.3. The standard InChI is InChI=1S/C21H11F15N2O2/c1-2-40-14(39)11-12-10-6-4-3-5-9(10)7-8-38(12)37-13(11)15(22,23)16(24,25)17(26,27)18(28,29)19(30,31)20(32,33)21(34,35)36/h3-8H,2H2,1H3.